The number of methoxy groups -OCH3 is 1. The quantitative estimate of drug-likeness (QED) is 0.349. The number of esters is 1. The van der Waals surface area contributed by atoms with Gasteiger partial charge in [0.25, 0.3) is 0 Å². The summed E-state index contributed by atoms with van der Waals surface area (Å²) in [5, 5.41) is 14.6. The minimum Gasteiger partial charge on any atom is -0.481 e. The van der Waals surface area contributed by atoms with E-state index in [1.165, 1.54) is 19.6 Å². The SMILES string of the molecule is COC(=O)[C@H](Cc1cnc[nH]1)NC(=O)[C@@](CCC(=O)O)(Cc1ccccc1)NC(=O)OC(C)(C)C. The molecule has 35 heavy (non-hydrogen) atoms. The number of carbonyl (C=O) groups is 4. The van der Waals surface area contributed by atoms with Gasteiger partial charge >= 0.3 is 18.0 Å². The first-order valence-corrected chi connectivity index (χ1v) is 11.1. The average molecular weight is 489 g/mol. The summed E-state index contributed by atoms with van der Waals surface area (Å²) in [7, 11) is 1.19. The largest absolute Gasteiger partial charge is 0.481 e. The number of benzene rings is 1. The molecule has 0 unspecified atom stereocenters. The summed E-state index contributed by atoms with van der Waals surface area (Å²) < 4.78 is 10.2. The maximum absolute atomic E-state index is 13.7. The zero-order valence-corrected chi connectivity index (χ0v) is 20.3. The molecule has 2 atom stereocenters. The van der Waals surface area contributed by atoms with Gasteiger partial charge in [-0.1, -0.05) is 30.3 Å². The van der Waals surface area contributed by atoms with Gasteiger partial charge in [-0.05, 0) is 32.8 Å². The van der Waals surface area contributed by atoms with E-state index in [2.05, 4.69) is 20.6 Å². The monoisotopic (exact) mass is 488 g/mol. The summed E-state index contributed by atoms with van der Waals surface area (Å²) in [6.45, 7) is 5.00. The van der Waals surface area contributed by atoms with E-state index in [0.717, 1.165) is 0 Å². The van der Waals surface area contributed by atoms with Crippen LogP contribution in [0.25, 0.3) is 0 Å². The third kappa shape index (κ3) is 8.76. The van der Waals surface area contributed by atoms with Gasteiger partial charge in [0.2, 0.25) is 5.91 Å². The molecule has 0 saturated carbocycles. The number of hydrogen-bond acceptors (Lipinski definition) is 7. The molecule has 11 heteroatoms. The molecule has 1 aromatic heterocycles. The Kier molecular flexibility index (Phi) is 9.38. The molecule has 0 bridgehead atoms. The molecular formula is C24H32N4O7. The standard InChI is InChI=1S/C24H32N4O7/c1-23(2,3)35-22(33)28-24(11-10-19(29)30,13-16-8-6-5-7-9-16)21(32)27-18(20(31)34-4)12-17-14-25-15-26-17/h5-9,14-15,18H,10-13H2,1-4H3,(H,25,26)(H,27,32)(H,28,33)(H,29,30)/t18-,24+/m0/s1. The molecule has 0 aliphatic carbocycles. The van der Waals surface area contributed by atoms with E-state index >= 15 is 0 Å². The van der Waals surface area contributed by atoms with Crippen molar-refractivity contribution in [1.82, 2.24) is 20.6 Å². The second-order valence-corrected chi connectivity index (χ2v) is 9.10. The summed E-state index contributed by atoms with van der Waals surface area (Å²) >= 11 is 0. The smallest absolute Gasteiger partial charge is 0.408 e. The van der Waals surface area contributed by atoms with E-state index in [1.54, 1.807) is 51.1 Å². The number of H-pyrrole nitrogens is 1. The molecule has 190 valence electrons. The molecule has 0 fully saturated rings. The predicted octanol–water partition coefficient (Wildman–Crippen LogP) is 1.98. The van der Waals surface area contributed by atoms with Crippen LogP contribution in [0.4, 0.5) is 4.79 Å². The topological polar surface area (TPSA) is 160 Å². The number of nitrogens with one attached hydrogen (secondary N) is 3. The first kappa shape index (κ1) is 27.4. The number of aromatic nitrogens is 2. The normalized spacial score (nSPS) is 13.7. The number of aliphatic carboxylic acids is 1. The van der Waals surface area contributed by atoms with E-state index in [1.807, 2.05) is 0 Å². The fraction of sp³-hybridized carbons (Fsp3) is 0.458. The van der Waals surface area contributed by atoms with E-state index in [9.17, 15) is 24.3 Å². The summed E-state index contributed by atoms with van der Waals surface area (Å²) in [6, 6.07) is 7.70. The molecule has 0 saturated heterocycles. The van der Waals surface area contributed by atoms with E-state index in [0.29, 0.717) is 11.3 Å². The van der Waals surface area contributed by atoms with E-state index in [4.69, 9.17) is 9.47 Å². The second-order valence-electron chi connectivity index (χ2n) is 9.10. The Morgan fingerprint density at radius 1 is 1.14 bits per heavy atom. The minimum atomic E-state index is -1.73. The Morgan fingerprint density at radius 2 is 1.83 bits per heavy atom. The van der Waals surface area contributed by atoms with Crippen molar-refractivity contribution in [3.63, 3.8) is 0 Å². The van der Waals surface area contributed by atoms with Crippen LogP contribution in [0.5, 0.6) is 0 Å². The Morgan fingerprint density at radius 3 is 2.37 bits per heavy atom. The maximum Gasteiger partial charge on any atom is 0.408 e. The molecule has 1 aromatic carbocycles. The fourth-order valence-electron chi connectivity index (χ4n) is 3.46. The number of ether oxygens (including phenoxy) is 2. The van der Waals surface area contributed by atoms with Gasteiger partial charge in [0.1, 0.15) is 17.2 Å². The number of alkyl carbamates (subject to hydrolysis) is 1. The molecule has 2 aromatic rings. The number of carbonyl (C=O) groups excluding carboxylic acids is 3. The number of imidazole rings is 1. The zero-order chi connectivity index (χ0) is 26.1. The number of carboxylic acid groups (broad SMARTS) is 1. The van der Waals surface area contributed by atoms with Crippen LogP contribution in [0.3, 0.4) is 0 Å². The highest BCUT2D eigenvalue weighted by Gasteiger charge is 2.43. The first-order valence-electron chi connectivity index (χ1n) is 11.1. The number of rotatable bonds is 11. The Labute approximate surface area is 203 Å². The molecule has 2 rings (SSSR count). The van der Waals surface area contributed by atoms with Gasteiger partial charge in [-0.2, -0.15) is 0 Å². The summed E-state index contributed by atoms with van der Waals surface area (Å²) in [6.07, 6.45) is 1.39. The molecule has 0 radical (unpaired) electrons. The summed E-state index contributed by atoms with van der Waals surface area (Å²) in [5.74, 6) is -2.61. The van der Waals surface area contributed by atoms with Crippen molar-refractivity contribution in [2.75, 3.05) is 7.11 Å². The van der Waals surface area contributed by atoms with Crippen LogP contribution in [-0.2, 0) is 36.7 Å². The third-order valence-electron chi connectivity index (χ3n) is 5.06. The highest BCUT2D eigenvalue weighted by Crippen LogP contribution is 2.23. The lowest BCUT2D eigenvalue weighted by molar-refractivity contribution is -0.146. The minimum absolute atomic E-state index is 0.0376. The van der Waals surface area contributed by atoms with Gasteiger partial charge in [0, 0.05) is 31.2 Å². The van der Waals surface area contributed by atoms with Crippen molar-refractivity contribution in [3.05, 3.63) is 54.1 Å². The van der Waals surface area contributed by atoms with Gasteiger partial charge in [-0.3, -0.25) is 9.59 Å². The first-order chi connectivity index (χ1) is 16.4. The molecule has 1 heterocycles. The second kappa shape index (κ2) is 12.0. The lowest BCUT2D eigenvalue weighted by Crippen LogP contribution is -2.63. The van der Waals surface area contributed by atoms with Crippen LogP contribution >= 0.6 is 0 Å². The molecule has 0 spiro atoms. The van der Waals surface area contributed by atoms with Crippen molar-refractivity contribution in [2.24, 2.45) is 0 Å². The van der Waals surface area contributed by atoms with Crippen molar-refractivity contribution in [3.8, 4) is 0 Å². The van der Waals surface area contributed by atoms with Crippen LogP contribution in [0.15, 0.2) is 42.9 Å². The van der Waals surface area contributed by atoms with Gasteiger partial charge in [0.15, 0.2) is 0 Å². The number of carboxylic acids is 1. The molecular weight excluding hydrogens is 456 g/mol. The van der Waals surface area contributed by atoms with Gasteiger partial charge in [0.05, 0.1) is 13.4 Å². The van der Waals surface area contributed by atoms with Crippen LogP contribution < -0.4 is 10.6 Å². The number of aromatic amines is 1. The van der Waals surface area contributed by atoms with Crippen molar-refractivity contribution < 1.29 is 33.8 Å². The van der Waals surface area contributed by atoms with Crippen LogP contribution in [-0.4, -0.2) is 63.3 Å². The van der Waals surface area contributed by atoms with Gasteiger partial charge in [-0.15, -0.1) is 0 Å². The molecule has 4 N–H and O–H groups in total. The summed E-state index contributed by atoms with van der Waals surface area (Å²) in [5.41, 5.74) is -1.35. The Balaban J connectivity index is 2.45. The van der Waals surface area contributed by atoms with Gasteiger partial charge < -0.3 is 30.2 Å². The highest BCUT2D eigenvalue weighted by molar-refractivity contribution is 5.93. The molecule has 2 amide bonds. The maximum atomic E-state index is 13.7. The third-order valence-corrected chi connectivity index (χ3v) is 5.06. The molecule has 0 aliphatic rings. The van der Waals surface area contributed by atoms with E-state index < -0.39 is 47.5 Å². The lowest BCUT2D eigenvalue weighted by Gasteiger charge is -2.35. The molecule has 0 aliphatic heterocycles. The van der Waals surface area contributed by atoms with Crippen molar-refractivity contribution in [1.29, 1.82) is 0 Å². The highest BCUT2D eigenvalue weighted by atomic mass is 16.6. The summed E-state index contributed by atoms with van der Waals surface area (Å²) in [4.78, 5) is 57.2. The Bertz CT molecular complexity index is 1000. The average Bonchev–Trinajstić information content (AvgIpc) is 3.29. The molecule has 11 nitrogen and oxygen atoms in total. The van der Waals surface area contributed by atoms with Crippen LogP contribution in [0.2, 0.25) is 0 Å². The number of amides is 2. The fourth-order valence-corrected chi connectivity index (χ4v) is 3.46. The zero-order valence-electron chi connectivity index (χ0n) is 20.3. The van der Waals surface area contributed by atoms with Gasteiger partial charge in [-0.25, -0.2) is 14.6 Å². The van der Waals surface area contributed by atoms with Crippen LogP contribution in [0, 0.1) is 0 Å². The number of hydrogen-bond donors (Lipinski definition) is 4. The number of nitrogens with zero attached hydrogens (tertiary/aromatic N) is 1. The van der Waals surface area contributed by atoms with Crippen molar-refractivity contribution >= 4 is 23.9 Å². The Hall–Kier alpha value is -3.89. The lowest BCUT2D eigenvalue weighted by atomic mass is 9.84. The van der Waals surface area contributed by atoms with Crippen molar-refractivity contribution in [2.45, 2.75) is 63.6 Å². The van der Waals surface area contributed by atoms with Crippen LogP contribution in [0.1, 0.15) is 44.9 Å². The van der Waals surface area contributed by atoms with E-state index in [-0.39, 0.29) is 19.3 Å². The predicted molar refractivity (Wildman–Crippen MR) is 125 cm³/mol.